The van der Waals surface area contributed by atoms with Crippen molar-refractivity contribution in [2.24, 2.45) is 5.92 Å². The van der Waals surface area contributed by atoms with Crippen LogP contribution < -0.4 is 0 Å². The summed E-state index contributed by atoms with van der Waals surface area (Å²) in [5.74, 6) is 0.481. The summed E-state index contributed by atoms with van der Waals surface area (Å²) in [6.07, 6.45) is 2.11. The summed E-state index contributed by atoms with van der Waals surface area (Å²) in [5, 5.41) is 0. The molecule has 0 aromatic heterocycles. The third-order valence-corrected chi connectivity index (χ3v) is 5.17. The summed E-state index contributed by atoms with van der Waals surface area (Å²) in [7, 11) is -1.58. The quantitative estimate of drug-likeness (QED) is 0.738. The van der Waals surface area contributed by atoms with Gasteiger partial charge in [-0.2, -0.15) is 17.0 Å². The third-order valence-electron chi connectivity index (χ3n) is 3.04. The molecule has 0 aliphatic carbocycles. The predicted octanol–water partition coefficient (Wildman–Crippen LogP) is 1.30. The molecule has 1 aliphatic rings. The lowest BCUT2D eigenvalue weighted by Crippen LogP contribution is -2.48. The van der Waals surface area contributed by atoms with Gasteiger partial charge in [0, 0.05) is 26.2 Å². The molecule has 1 rings (SSSR count). The van der Waals surface area contributed by atoms with Gasteiger partial charge in [0.25, 0.3) is 10.2 Å². The van der Waals surface area contributed by atoms with E-state index < -0.39 is 10.2 Å². The number of rotatable bonds is 3. The van der Waals surface area contributed by atoms with Crippen molar-refractivity contribution in [3.05, 3.63) is 0 Å². The van der Waals surface area contributed by atoms with Crippen LogP contribution in [0.2, 0.25) is 0 Å². The van der Waals surface area contributed by atoms with Gasteiger partial charge in [-0.25, -0.2) is 0 Å². The third kappa shape index (κ3) is 2.92. The van der Waals surface area contributed by atoms with Crippen molar-refractivity contribution in [3.8, 4) is 0 Å². The van der Waals surface area contributed by atoms with Gasteiger partial charge in [0.2, 0.25) is 0 Å². The van der Waals surface area contributed by atoms with E-state index in [1.165, 1.54) is 4.31 Å². The van der Waals surface area contributed by atoms with Crippen molar-refractivity contribution >= 4 is 10.2 Å². The molecule has 0 radical (unpaired) electrons. The molecule has 1 fully saturated rings. The zero-order chi connectivity index (χ0) is 11.6. The normalized spacial score (nSPS) is 25.1. The minimum Gasteiger partial charge on any atom is -0.195 e. The van der Waals surface area contributed by atoms with Gasteiger partial charge in [-0.15, -0.1) is 0 Å². The Bertz CT molecular complexity index is 301. The summed E-state index contributed by atoms with van der Waals surface area (Å²) in [5.41, 5.74) is 0. The van der Waals surface area contributed by atoms with E-state index in [1.807, 2.05) is 13.8 Å². The first-order valence-electron chi connectivity index (χ1n) is 5.58. The van der Waals surface area contributed by atoms with Crippen LogP contribution in [0.4, 0.5) is 0 Å². The van der Waals surface area contributed by atoms with E-state index >= 15 is 0 Å². The van der Waals surface area contributed by atoms with E-state index in [4.69, 9.17) is 0 Å². The van der Waals surface area contributed by atoms with Gasteiger partial charge in [-0.1, -0.05) is 6.92 Å². The van der Waals surface area contributed by atoms with Crippen molar-refractivity contribution in [2.75, 3.05) is 20.1 Å². The molecule has 1 atom stereocenters. The lowest BCUT2D eigenvalue weighted by atomic mass is 10.0. The zero-order valence-electron chi connectivity index (χ0n) is 10.1. The molecule has 0 N–H and O–H groups in total. The molecule has 5 heteroatoms. The summed E-state index contributed by atoms with van der Waals surface area (Å²) < 4.78 is 27.3. The van der Waals surface area contributed by atoms with Gasteiger partial charge in [-0.3, -0.25) is 0 Å². The molecule has 0 aromatic carbocycles. The highest BCUT2D eigenvalue weighted by molar-refractivity contribution is 7.86. The second-order valence-corrected chi connectivity index (χ2v) is 6.71. The molecular weight excluding hydrogens is 212 g/mol. The van der Waals surface area contributed by atoms with E-state index in [-0.39, 0.29) is 6.04 Å². The molecule has 0 bridgehead atoms. The highest BCUT2D eigenvalue weighted by atomic mass is 32.2. The Kier molecular flexibility index (Phi) is 4.14. The average molecular weight is 234 g/mol. The van der Waals surface area contributed by atoms with Gasteiger partial charge in [-0.05, 0) is 32.6 Å². The van der Waals surface area contributed by atoms with Crippen LogP contribution in [0.1, 0.15) is 33.6 Å². The second kappa shape index (κ2) is 4.80. The van der Waals surface area contributed by atoms with Crippen LogP contribution in [0.5, 0.6) is 0 Å². The monoisotopic (exact) mass is 234 g/mol. The van der Waals surface area contributed by atoms with Crippen LogP contribution in [0.3, 0.4) is 0 Å². The van der Waals surface area contributed by atoms with Crippen molar-refractivity contribution in [1.82, 2.24) is 8.61 Å². The lowest BCUT2D eigenvalue weighted by Gasteiger charge is -2.34. The van der Waals surface area contributed by atoms with Crippen LogP contribution in [0.25, 0.3) is 0 Å². The van der Waals surface area contributed by atoms with Crippen LogP contribution >= 0.6 is 0 Å². The summed E-state index contributed by atoms with van der Waals surface area (Å²) in [4.78, 5) is 0. The predicted molar refractivity (Wildman–Crippen MR) is 61.8 cm³/mol. The Hall–Kier alpha value is -0.130. The van der Waals surface area contributed by atoms with Crippen LogP contribution in [0, 0.1) is 5.92 Å². The molecule has 1 unspecified atom stereocenters. The second-order valence-electron chi connectivity index (χ2n) is 4.72. The standard InChI is InChI=1S/C10H22N2O2S/c1-9(2)11(4)15(13,14)12-7-5-6-10(3)8-12/h9-10H,5-8H2,1-4H3. The first-order valence-corrected chi connectivity index (χ1v) is 6.98. The Balaban J connectivity index is 2.77. The molecule has 1 saturated heterocycles. The molecule has 0 saturated carbocycles. The Morgan fingerprint density at radius 1 is 1.40 bits per heavy atom. The SMILES string of the molecule is CC1CCCN(S(=O)(=O)N(C)C(C)C)C1. The molecule has 0 amide bonds. The smallest absolute Gasteiger partial charge is 0.195 e. The first-order chi connectivity index (χ1) is 6.85. The molecule has 1 heterocycles. The van der Waals surface area contributed by atoms with E-state index in [9.17, 15) is 8.42 Å². The molecule has 4 nitrogen and oxygen atoms in total. The maximum absolute atomic E-state index is 12.1. The van der Waals surface area contributed by atoms with Gasteiger partial charge in [0.15, 0.2) is 0 Å². The first kappa shape index (κ1) is 12.9. The van der Waals surface area contributed by atoms with Crippen molar-refractivity contribution in [1.29, 1.82) is 0 Å². The van der Waals surface area contributed by atoms with Crippen molar-refractivity contribution < 1.29 is 8.42 Å². The summed E-state index contributed by atoms with van der Waals surface area (Å²) in [6, 6.07) is 0.0206. The molecular formula is C10H22N2O2S. The zero-order valence-corrected chi connectivity index (χ0v) is 10.9. The Labute approximate surface area is 93.4 Å². The maximum Gasteiger partial charge on any atom is 0.281 e. The number of hydrogen-bond donors (Lipinski definition) is 0. The molecule has 0 spiro atoms. The fraction of sp³-hybridized carbons (Fsp3) is 1.00. The molecule has 15 heavy (non-hydrogen) atoms. The fourth-order valence-corrected chi connectivity index (χ4v) is 3.50. The molecule has 0 aromatic rings. The maximum atomic E-state index is 12.1. The fourth-order valence-electron chi connectivity index (χ4n) is 1.80. The number of hydrogen-bond acceptors (Lipinski definition) is 2. The average Bonchev–Trinajstić information content (AvgIpc) is 2.16. The minimum atomic E-state index is -3.23. The Morgan fingerprint density at radius 3 is 2.47 bits per heavy atom. The highest BCUT2D eigenvalue weighted by Crippen LogP contribution is 2.20. The van der Waals surface area contributed by atoms with Gasteiger partial charge >= 0.3 is 0 Å². The van der Waals surface area contributed by atoms with E-state index in [2.05, 4.69) is 6.92 Å². The van der Waals surface area contributed by atoms with Crippen LogP contribution in [-0.2, 0) is 10.2 Å². The number of nitrogens with zero attached hydrogens (tertiary/aromatic N) is 2. The van der Waals surface area contributed by atoms with E-state index in [1.54, 1.807) is 11.4 Å². The lowest BCUT2D eigenvalue weighted by molar-refractivity contribution is 0.257. The van der Waals surface area contributed by atoms with E-state index in [0.717, 1.165) is 12.8 Å². The van der Waals surface area contributed by atoms with Gasteiger partial charge < -0.3 is 0 Å². The Morgan fingerprint density at radius 2 is 2.00 bits per heavy atom. The summed E-state index contributed by atoms with van der Waals surface area (Å²) >= 11 is 0. The van der Waals surface area contributed by atoms with Crippen LogP contribution in [-0.4, -0.2) is 43.2 Å². The van der Waals surface area contributed by atoms with Gasteiger partial charge in [0.1, 0.15) is 0 Å². The molecule has 1 aliphatic heterocycles. The molecule has 90 valence electrons. The summed E-state index contributed by atoms with van der Waals surface area (Å²) in [6.45, 7) is 7.23. The van der Waals surface area contributed by atoms with Crippen molar-refractivity contribution in [2.45, 2.75) is 39.7 Å². The topological polar surface area (TPSA) is 40.6 Å². The van der Waals surface area contributed by atoms with Gasteiger partial charge in [0.05, 0.1) is 0 Å². The van der Waals surface area contributed by atoms with E-state index in [0.29, 0.717) is 19.0 Å². The number of piperidine rings is 1. The van der Waals surface area contributed by atoms with Crippen molar-refractivity contribution in [3.63, 3.8) is 0 Å². The van der Waals surface area contributed by atoms with Crippen LogP contribution in [0.15, 0.2) is 0 Å². The largest absolute Gasteiger partial charge is 0.281 e. The minimum absolute atomic E-state index is 0.0206. The highest BCUT2D eigenvalue weighted by Gasteiger charge is 2.31.